The zero-order chi connectivity index (χ0) is 18.2. The number of ether oxygens (including phenoxy) is 1. The number of carbonyl (C=O) groups is 3. The summed E-state index contributed by atoms with van der Waals surface area (Å²) in [5.41, 5.74) is 0.701. The van der Waals surface area contributed by atoms with Crippen molar-refractivity contribution >= 4 is 17.6 Å². The molecular weight excluding hydrogens is 327 g/mol. The Kier molecular flexibility index (Phi) is 6.22. The number of methoxy groups -OCH3 is 1. The summed E-state index contributed by atoms with van der Waals surface area (Å²) in [6.45, 7) is -0.0593. The molecule has 2 aromatic carbocycles. The second-order valence-corrected chi connectivity index (χ2v) is 5.12. The zero-order valence-corrected chi connectivity index (χ0v) is 13.5. The van der Waals surface area contributed by atoms with Crippen molar-refractivity contribution in [3.8, 4) is 5.75 Å². The minimum absolute atomic E-state index is 0.0788. The van der Waals surface area contributed by atoms with Crippen LogP contribution in [0.5, 0.6) is 5.75 Å². The molecule has 0 aliphatic carbocycles. The maximum Gasteiger partial charge on any atom is 0.292 e. The first-order chi connectivity index (χ1) is 12.0. The highest BCUT2D eigenvalue weighted by Gasteiger charge is 2.21. The van der Waals surface area contributed by atoms with E-state index in [0.717, 1.165) is 17.7 Å². The Labute approximate surface area is 144 Å². The summed E-state index contributed by atoms with van der Waals surface area (Å²) in [5, 5.41) is 4.82. The highest BCUT2D eigenvalue weighted by Crippen LogP contribution is 2.19. The predicted octanol–water partition coefficient (Wildman–Crippen LogP) is 1.45. The Morgan fingerprint density at radius 3 is 2.44 bits per heavy atom. The third kappa shape index (κ3) is 5.13. The minimum atomic E-state index is -1.02. The van der Waals surface area contributed by atoms with Crippen molar-refractivity contribution in [1.29, 1.82) is 0 Å². The van der Waals surface area contributed by atoms with Crippen molar-refractivity contribution in [2.45, 2.75) is 6.54 Å². The number of rotatable bonds is 7. The van der Waals surface area contributed by atoms with Crippen LogP contribution in [0.25, 0.3) is 0 Å². The predicted molar refractivity (Wildman–Crippen MR) is 88.6 cm³/mol. The van der Waals surface area contributed by atoms with Gasteiger partial charge in [-0.3, -0.25) is 14.4 Å². The largest absolute Gasteiger partial charge is 0.496 e. The molecule has 7 heteroatoms. The van der Waals surface area contributed by atoms with E-state index in [-0.39, 0.29) is 17.9 Å². The molecule has 2 N–H and O–H groups in total. The SMILES string of the molecule is COc1ccc(F)cc1C(=O)C(=O)NCC(=O)NCc1ccccc1. The van der Waals surface area contributed by atoms with Gasteiger partial charge in [-0.25, -0.2) is 4.39 Å². The smallest absolute Gasteiger partial charge is 0.292 e. The van der Waals surface area contributed by atoms with Gasteiger partial charge in [0.05, 0.1) is 19.2 Å². The lowest BCUT2D eigenvalue weighted by Gasteiger charge is -2.09. The Morgan fingerprint density at radius 2 is 1.76 bits per heavy atom. The highest BCUT2D eigenvalue weighted by molar-refractivity contribution is 6.43. The molecule has 0 saturated carbocycles. The molecule has 0 aliphatic heterocycles. The van der Waals surface area contributed by atoms with Gasteiger partial charge in [0.25, 0.3) is 11.7 Å². The standard InChI is InChI=1S/C18H17FN2O4/c1-25-15-8-7-13(19)9-14(15)17(23)18(24)21-11-16(22)20-10-12-5-3-2-4-6-12/h2-9H,10-11H2,1H3,(H,20,22)(H,21,24). The fourth-order valence-electron chi connectivity index (χ4n) is 2.08. The molecular formula is C18H17FN2O4. The number of hydrogen-bond donors (Lipinski definition) is 2. The Morgan fingerprint density at radius 1 is 1.04 bits per heavy atom. The molecule has 0 aromatic heterocycles. The van der Waals surface area contributed by atoms with Gasteiger partial charge in [0.15, 0.2) is 0 Å². The number of nitrogens with one attached hydrogen (secondary N) is 2. The molecule has 2 rings (SSSR count). The van der Waals surface area contributed by atoms with E-state index in [9.17, 15) is 18.8 Å². The van der Waals surface area contributed by atoms with Crippen molar-refractivity contribution in [1.82, 2.24) is 10.6 Å². The number of Topliss-reactive ketones (excluding diaryl/α,β-unsaturated/α-hetero) is 1. The van der Waals surface area contributed by atoms with Crippen molar-refractivity contribution in [3.05, 3.63) is 65.5 Å². The van der Waals surface area contributed by atoms with Crippen LogP contribution in [-0.4, -0.2) is 31.3 Å². The summed E-state index contributed by atoms with van der Waals surface area (Å²) in [6, 6.07) is 12.5. The van der Waals surface area contributed by atoms with E-state index >= 15 is 0 Å². The van der Waals surface area contributed by atoms with Crippen molar-refractivity contribution in [2.24, 2.45) is 0 Å². The fraction of sp³-hybridized carbons (Fsp3) is 0.167. The van der Waals surface area contributed by atoms with Gasteiger partial charge < -0.3 is 15.4 Å². The van der Waals surface area contributed by atoms with E-state index in [1.165, 1.54) is 13.2 Å². The lowest BCUT2D eigenvalue weighted by molar-refractivity contribution is -0.124. The molecule has 0 spiro atoms. The van der Waals surface area contributed by atoms with Crippen molar-refractivity contribution in [2.75, 3.05) is 13.7 Å². The zero-order valence-electron chi connectivity index (χ0n) is 13.5. The Bertz CT molecular complexity index is 778. The van der Waals surface area contributed by atoms with Gasteiger partial charge in [0.2, 0.25) is 5.91 Å². The normalized spacial score (nSPS) is 10.0. The maximum absolute atomic E-state index is 13.3. The fourth-order valence-corrected chi connectivity index (χ4v) is 2.08. The molecule has 0 bridgehead atoms. The molecule has 2 aromatic rings. The molecule has 0 fully saturated rings. The van der Waals surface area contributed by atoms with E-state index in [1.807, 2.05) is 30.3 Å². The van der Waals surface area contributed by atoms with Crippen LogP contribution >= 0.6 is 0 Å². The summed E-state index contributed by atoms with van der Waals surface area (Å²) in [6.07, 6.45) is 0. The number of hydrogen-bond acceptors (Lipinski definition) is 4. The summed E-state index contributed by atoms with van der Waals surface area (Å²) < 4.78 is 18.2. The van der Waals surface area contributed by atoms with Gasteiger partial charge in [-0.15, -0.1) is 0 Å². The van der Waals surface area contributed by atoms with E-state index in [1.54, 1.807) is 0 Å². The number of carbonyl (C=O) groups excluding carboxylic acids is 3. The summed E-state index contributed by atoms with van der Waals surface area (Å²) in [5.74, 6) is -3.03. The topological polar surface area (TPSA) is 84.5 Å². The van der Waals surface area contributed by atoms with E-state index in [0.29, 0.717) is 6.54 Å². The first-order valence-electron chi connectivity index (χ1n) is 7.48. The lowest BCUT2D eigenvalue weighted by Crippen LogP contribution is -2.39. The van der Waals surface area contributed by atoms with Crippen LogP contribution in [-0.2, 0) is 16.1 Å². The van der Waals surface area contributed by atoms with Gasteiger partial charge in [-0.05, 0) is 23.8 Å². The van der Waals surface area contributed by atoms with E-state index in [2.05, 4.69) is 10.6 Å². The Balaban J connectivity index is 1.88. The molecule has 0 heterocycles. The van der Waals surface area contributed by atoms with Crippen LogP contribution in [0.4, 0.5) is 4.39 Å². The van der Waals surface area contributed by atoms with Crippen molar-refractivity contribution < 1.29 is 23.5 Å². The monoisotopic (exact) mass is 344 g/mol. The average Bonchev–Trinajstić information content (AvgIpc) is 2.64. The molecule has 2 amide bonds. The molecule has 0 atom stereocenters. The van der Waals surface area contributed by atoms with E-state index < -0.39 is 23.4 Å². The Hall–Kier alpha value is -3.22. The van der Waals surface area contributed by atoms with Gasteiger partial charge in [-0.1, -0.05) is 30.3 Å². The average molecular weight is 344 g/mol. The molecule has 0 saturated heterocycles. The van der Waals surface area contributed by atoms with Gasteiger partial charge in [0, 0.05) is 6.54 Å². The third-order valence-electron chi connectivity index (χ3n) is 3.35. The summed E-state index contributed by atoms with van der Waals surface area (Å²) in [4.78, 5) is 35.7. The van der Waals surface area contributed by atoms with E-state index in [4.69, 9.17) is 4.74 Å². The van der Waals surface area contributed by atoms with Crippen LogP contribution in [0.3, 0.4) is 0 Å². The van der Waals surface area contributed by atoms with Crippen LogP contribution < -0.4 is 15.4 Å². The molecule has 0 unspecified atom stereocenters. The molecule has 25 heavy (non-hydrogen) atoms. The number of amides is 2. The molecule has 0 radical (unpaired) electrons. The third-order valence-corrected chi connectivity index (χ3v) is 3.35. The maximum atomic E-state index is 13.3. The van der Waals surface area contributed by atoms with Crippen molar-refractivity contribution in [3.63, 3.8) is 0 Å². The van der Waals surface area contributed by atoms with Crippen LogP contribution in [0.2, 0.25) is 0 Å². The number of halogens is 1. The first kappa shape index (κ1) is 18.1. The number of benzene rings is 2. The molecule has 130 valence electrons. The second kappa shape index (κ2) is 8.58. The lowest BCUT2D eigenvalue weighted by atomic mass is 10.1. The van der Waals surface area contributed by atoms with Crippen LogP contribution in [0.15, 0.2) is 48.5 Å². The highest BCUT2D eigenvalue weighted by atomic mass is 19.1. The van der Waals surface area contributed by atoms with Gasteiger partial charge >= 0.3 is 0 Å². The van der Waals surface area contributed by atoms with Crippen LogP contribution in [0, 0.1) is 5.82 Å². The molecule has 6 nitrogen and oxygen atoms in total. The first-order valence-corrected chi connectivity index (χ1v) is 7.48. The van der Waals surface area contributed by atoms with Gasteiger partial charge in [0.1, 0.15) is 11.6 Å². The second-order valence-electron chi connectivity index (χ2n) is 5.12. The summed E-state index contributed by atoms with van der Waals surface area (Å²) >= 11 is 0. The quantitative estimate of drug-likeness (QED) is 0.588. The summed E-state index contributed by atoms with van der Waals surface area (Å²) in [7, 11) is 1.30. The molecule has 0 aliphatic rings. The number of ketones is 1. The van der Waals surface area contributed by atoms with Crippen LogP contribution in [0.1, 0.15) is 15.9 Å². The minimum Gasteiger partial charge on any atom is -0.496 e. The van der Waals surface area contributed by atoms with Gasteiger partial charge in [-0.2, -0.15) is 0 Å².